The Bertz CT molecular complexity index is 1230. The maximum atomic E-state index is 13.2. The van der Waals surface area contributed by atoms with Gasteiger partial charge in [-0.2, -0.15) is 0 Å². The van der Waals surface area contributed by atoms with Crippen LogP contribution >= 0.6 is 11.8 Å². The second-order valence-electron chi connectivity index (χ2n) is 7.97. The zero-order chi connectivity index (χ0) is 22.5. The van der Waals surface area contributed by atoms with E-state index in [0.29, 0.717) is 22.3 Å². The third kappa shape index (κ3) is 5.06. The molecule has 0 spiro atoms. The summed E-state index contributed by atoms with van der Waals surface area (Å²) < 4.78 is 12.2. The Balaban J connectivity index is 1.68. The van der Waals surface area contributed by atoms with Gasteiger partial charge in [0.05, 0.1) is 10.9 Å². The van der Waals surface area contributed by atoms with Crippen molar-refractivity contribution in [1.82, 2.24) is 4.90 Å². The van der Waals surface area contributed by atoms with Crippen molar-refractivity contribution in [3.63, 3.8) is 0 Å². The first-order valence-corrected chi connectivity index (χ1v) is 11.8. The number of hydrogen-bond donors (Lipinski definition) is 0. The fourth-order valence-electron chi connectivity index (χ4n) is 3.65. The van der Waals surface area contributed by atoms with E-state index in [9.17, 15) is 4.79 Å². The smallest absolute Gasteiger partial charge is 0.200 e. The van der Waals surface area contributed by atoms with Gasteiger partial charge in [-0.25, -0.2) is 0 Å². The summed E-state index contributed by atoms with van der Waals surface area (Å²) in [5, 5.41) is 0.521. The van der Waals surface area contributed by atoms with Gasteiger partial charge in [0.25, 0.3) is 0 Å². The van der Waals surface area contributed by atoms with Gasteiger partial charge in [-0.1, -0.05) is 42.5 Å². The summed E-state index contributed by atoms with van der Waals surface area (Å²) in [6, 6.07) is 23.5. The minimum absolute atomic E-state index is 0.0583. The van der Waals surface area contributed by atoms with Gasteiger partial charge in [0, 0.05) is 17.9 Å². The molecule has 0 radical (unpaired) electrons. The fourth-order valence-corrected chi connectivity index (χ4v) is 4.06. The van der Waals surface area contributed by atoms with E-state index in [0.717, 1.165) is 24.1 Å². The highest BCUT2D eigenvalue weighted by molar-refractivity contribution is 7.98. The Labute approximate surface area is 192 Å². The second kappa shape index (κ2) is 10.1. The highest BCUT2D eigenvalue weighted by atomic mass is 32.2. The topological polar surface area (TPSA) is 42.7 Å². The summed E-state index contributed by atoms with van der Waals surface area (Å²) in [6.45, 7) is 0.892. The van der Waals surface area contributed by atoms with Crippen LogP contribution in [0.5, 0.6) is 5.75 Å². The monoisotopic (exact) mass is 445 g/mol. The van der Waals surface area contributed by atoms with Gasteiger partial charge in [-0.3, -0.25) is 4.79 Å². The van der Waals surface area contributed by atoms with Crippen molar-refractivity contribution in [1.29, 1.82) is 0 Å². The SMILES string of the molecule is CSc1ccc(C(CCN(C)C)Oc2ccc3occ(-c4ccccc4)c(=O)c3c2)cc1. The molecule has 4 nitrogen and oxygen atoms in total. The van der Waals surface area contributed by atoms with Crippen molar-refractivity contribution in [2.75, 3.05) is 26.9 Å². The van der Waals surface area contributed by atoms with Crippen molar-refractivity contribution in [2.45, 2.75) is 17.4 Å². The molecule has 32 heavy (non-hydrogen) atoms. The molecule has 1 unspecified atom stereocenters. The van der Waals surface area contributed by atoms with E-state index in [-0.39, 0.29) is 11.5 Å². The van der Waals surface area contributed by atoms with Crippen molar-refractivity contribution in [3.8, 4) is 16.9 Å². The minimum atomic E-state index is -0.116. The molecule has 0 saturated carbocycles. The van der Waals surface area contributed by atoms with E-state index in [2.05, 4.69) is 49.5 Å². The average molecular weight is 446 g/mol. The third-order valence-electron chi connectivity index (χ3n) is 5.43. The van der Waals surface area contributed by atoms with E-state index >= 15 is 0 Å². The second-order valence-corrected chi connectivity index (χ2v) is 8.85. The molecule has 4 rings (SSSR count). The van der Waals surface area contributed by atoms with E-state index in [1.165, 1.54) is 11.2 Å². The van der Waals surface area contributed by atoms with E-state index in [4.69, 9.17) is 9.15 Å². The Morgan fingerprint density at radius 1 is 1.00 bits per heavy atom. The van der Waals surface area contributed by atoms with Crippen molar-refractivity contribution in [3.05, 3.63) is 94.8 Å². The van der Waals surface area contributed by atoms with Crippen LogP contribution in [0.4, 0.5) is 0 Å². The van der Waals surface area contributed by atoms with E-state index in [1.54, 1.807) is 23.9 Å². The summed E-state index contributed by atoms with van der Waals surface area (Å²) in [4.78, 5) is 16.6. The number of thioether (sulfide) groups is 1. The number of benzene rings is 3. The van der Waals surface area contributed by atoms with Crippen LogP contribution in [0, 0.1) is 0 Å². The van der Waals surface area contributed by atoms with Crippen LogP contribution in [-0.4, -0.2) is 31.8 Å². The van der Waals surface area contributed by atoms with Crippen molar-refractivity contribution < 1.29 is 9.15 Å². The number of hydrogen-bond acceptors (Lipinski definition) is 5. The van der Waals surface area contributed by atoms with Crippen LogP contribution in [0.2, 0.25) is 0 Å². The van der Waals surface area contributed by atoms with Crippen LogP contribution in [0.1, 0.15) is 18.1 Å². The largest absolute Gasteiger partial charge is 0.486 e. The lowest BCUT2D eigenvalue weighted by Gasteiger charge is -2.22. The first kappa shape index (κ1) is 22.2. The summed E-state index contributed by atoms with van der Waals surface area (Å²) in [7, 11) is 4.11. The molecular formula is C27H27NO3S. The molecule has 4 aromatic rings. The summed E-state index contributed by atoms with van der Waals surface area (Å²) >= 11 is 1.72. The van der Waals surface area contributed by atoms with E-state index in [1.807, 2.05) is 36.4 Å². The van der Waals surface area contributed by atoms with Gasteiger partial charge in [0.2, 0.25) is 5.43 Å². The van der Waals surface area contributed by atoms with Crippen LogP contribution < -0.4 is 10.2 Å². The molecule has 164 valence electrons. The Hall–Kier alpha value is -3.02. The Morgan fingerprint density at radius 3 is 2.44 bits per heavy atom. The predicted molar refractivity (Wildman–Crippen MR) is 133 cm³/mol. The average Bonchev–Trinajstić information content (AvgIpc) is 2.83. The lowest BCUT2D eigenvalue weighted by Crippen LogP contribution is -2.19. The molecule has 3 aromatic carbocycles. The first-order chi connectivity index (χ1) is 15.5. The zero-order valence-electron chi connectivity index (χ0n) is 18.6. The number of ether oxygens (including phenoxy) is 1. The molecule has 0 amide bonds. The molecule has 0 aliphatic rings. The van der Waals surface area contributed by atoms with Gasteiger partial charge >= 0.3 is 0 Å². The molecule has 0 aliphatic carbocycles. The first-order valence-electron chi connectivity index (χ1n) is 10.6. The Morgan fingerprint density at radius 2 is 1.75 bits per heavy atom. The zero-order valence-corrected chi connectivity index (χ0v) is 19.4. The minimum Gasteiger partial charge on any atom is -0.486 e. The summed E-state index contributed by atoms with van der Waals surface area (Å²) in [5.74, 6) is 0.660. The normalized spacial score (nSPS) is 12.2. The number of nitrogens with zero attached hydrogens (tertiary/aromatic N) is 1. The maximum Gasteiger partial charge on any atom is 0.200 e. The molecule has 0 saturated heterocycles. The van der Waals surface area contributed by atoms with Crippen LogP contribution in [0.3, 0.4) is 0 Å². The molecular weight excluding hydrogens is 418 g/mol. The molecule has 5 heteroatoms. The standard InChI is InChI=1S/C27H27NO3S/c1-28(2)16-15-25(20-9-12-22(32-3)13-10-20)31-21-11-14-26-23(17-21)27(29)24(18-30-26)19-7-5-4-6-8-19/h4-14,17-18,25H,15-16H2,1-3H3. The molecule has 0 fully saturated rings. The van der Waals surface area contributed by atoms with Crippen LogP contribution in [0.15, 0.2) is 93.2 Å². The molecule has 0 bridgehead atoms. The van der Waals surface area contributed by atoms with Crippen molar-refractivity contribution >= 4 is 22.7 Å². The van der Waals surface area contributed by atoms with Gasteiger partial charge < -0.3 is 14.1 Å². The quantitative estimate of drug-likeness (QED) is 0.300. The Kier molecular flexibility index (Phi) is 6.98. The lowest BCUT2D eigenvalue weighted by atomic mass is 10.0. The molecule has 1 heterocycles. The van der Waals surface area contributed by atoms with Crippen LogP contribution in [0.25, 0.3) is 22.1 Å². The summed E-state index contributed by atoms with van der Waals surface area (Å²) in [5.41, 5.74) is 3.00. The number of rotatable bonds is 8. The fraction of sp³-hybridized carbons (Fsp3) is 0.222. The van der Waals surface area contributed by atoms with Gasteiger partial charge in [-0.05, 0) is 61.8 Å². The molecule has 0 N–H and O–H groups in total. The van der Waals surface area contributed by atoms with Gasteiger partial charge in [-0.15, -0.1) is 11.8 Å². The highest BCUT2D eigenvalue weighted by Gasteiger charge is 2.16. The lowest BCUT2D eigenvalue weighted by molar-refractivity contribution is 0.179. The van der Waals surface area contributed by atoms with E-state index < -0.39 is 0 Å². The highest BCUT2D eigenvalue weighted by Crippen LogP contribution is 2.29. The summed E-state index contributed by atoms with van der Waals surface area (Å²) in [6.07, 6.45) is 4.32. The maximum absolute atomic E-state index is 13.2. The molecule has 1 aromatic heterocycles. The molecule has 0 aliphatic heterocycles. The van der Waals surface area contributed by atoms with Crippen molar-refractivity contribution in [2.24, 2.45) is 0 Å². The van der Waals surface area contributed by atoms with Gasteiger partial charge in [0.15, 0.2) is 0 Å². The number of fused-ring (bicyclic) bond motifs is 1. The van der Waals surface area contributed by atoms with Crippen LogP contribution in [-0.2, 0) is 0 Å². The third-order valence-corrected chi connectivity index (χ3v) is 6.18. The van der Waals surface area contributed by atoms with Gasteiger partial charge in [0.1, 0.15) is 23.7 Å². The molecule has 1 atom stereocenters. The predicted octanol–water partition coefficient (Wildman–Crippen LogP) is 6.25.